The van der Waals surface area contributed by atoms with Gasteiger partial charge in [0, 0.05) is 12.0 Å². The number of thiophene rings is 1. The zero-order valence-corrected chi connectivity index (χ0v) is 15.3. The van der Waals surface area contributed by atoms with Gasteiger partial charge in [-0.25, -0.2) is 9.78 Å². The highest BCUT2D eigenvalue weighted by Gasteiger charge is 2.27. The second-order valence-electron chi connectivity index (χ2n) is 6.88. The van der Waals surface area contributed by atoms with Gasteiger partial charge >= 0.3 is 5.97 Å². The molecule has 1 N–H and O–H groups in total. The Morgan fingerprint density at radius 3 is 2.50 bits per heavy atom. The maximum atomic E-state index is 13.2. The SMILES string of the molecule is Cc1c(C(=O)O)sc2nc(C(C)C)n(C3CCN(C)CC3)c(=O)c12. The molecule has 0 atom stereocenters. The number of hydrogen-bond donors (Lipinski definition) is 1. The number of hydrogen-bond acceptors (Lipinski definition) is 5. The lowest BCUT2D eigenvalue weighted by atomic mass is 10.0. The molecule has 7 heteroatoms. The third-order valence-corrected chi connectivity index (χ3v) is 5.96. The van der Waals surface area contributed by atoms with Crippen molar-refractivity contribution >= 4 is 27.5 Å². The Hall–Kier alpha value is -1.73. The first-order chi connectivity index (χ1) is 11.3. The number of fused-ring (bicyclic) bond motifs is 1. The van der Waals surface area contributed by atoms with Gasteiger partial charge in [0.2, 0.25) is 0 Å². The molecule has 3 rings (SSSR count). The van der Waals surface area contributed by atoms with Crippen LogP contribution in [-0.2, 0) is 0 Å². The van der Waals surface area contributed by atoms with Crippen LogP contribution in [0, 0.1) is 6.92 Å². The lowest BCUT2D eigenvalue weighted by molar-refractivity contribution is 0.0701. The molecule has 1 fully saturated rings. The van der Waals surface area contributed by atoms with Crippen LogP contribution in [0.5, 0.6) is 0 Å². The molecule has 0 saturated carbocycles. The maximum absolute atomic E-state index is 13.2. The van der Waals surface area contributed by atoms with Crippen molar-refractivity contribution in [2.24, 2.45) is 0 Å². The first kappa shape index (κ1) is 17.1. The summed E-state index contributed by atoms with van der Waals surface area (Å²) in [4.78, 5) is 32.3. The van der Waals surface area contributed by atoms with E-state index in [0.717, 1.165) is 43.1 Å². The normalized spacial score (nSPS) is 17.0. The van der Waals surface area contributed by atoms with E-state index in [0.29, 0.717) is 15.8 Å². The zero-order valence-electron chi connectivity index (χ0n) is 14.5. The minimum absolute atomic E-state index is 0.0838. The Morgan fingerprint density at radius 2 is 1.96 bits per heavy atom. The Bertz CT molecular complexity index is 845. The first-order valence-corrected chi connectivity index (χ1v) is 9.10. The summed E-state index contributed by atoms with van der Waals surface area (Å²) in [5, 5.41) is 9.82. The van der Waals surface area contributed by atoms with Crippen LogP contribution < -0.4 is 5.56 Å². The summed E-state index contributed by atoms with van der Waals surface area (Å²) in [7, 11) is 2.09. The van der Waals surface area contributed by atoms with E-state index in [9.17, 15) is 14.7 Å². The number of aromatic carboxylic acids is 1. The second kappa shape index (κ2) is 6.29. The van der Waals surface area contributed by atoms with E-state index in [-0.39, 0.29) is 22.4 Å². The van der Waals surface area contributed by atoms with Gasteiger partial charge in [0.25, 0.3) is 5.56 Å². The number of aromatic nitrogens is 2. The van der Waals surface area contributed by atoms with E-state index >= 15 is 0 Å². The molecule has 0 unspecified atom stereocenters. The third-order valence-electron chi connectivity index (χ3n) is 4.79. The van der Waals surface area contributed by atoms with Gasteiger partial charge in [0.05, 0.1) is 5.39 Å². The van der Waals surface area contributed by atoms with Crippen LogP contribution in [0.2, 0.25) is 0 Å². The van der Waals surface area contributed by atoms with Crippen molar-refractivity contribution in [1.29, 1.82) is 0 Å². The minimum atomic E-state index is -0.994. The number of carbonyl (C=O) groups is 1. The van der Waals surface area contributed by atoms with Gasteiger partial charge in [-0.1, -0.05) is 13.8 Å². The molecule has 2 aromatic rings. The lowest BCUT2D eigenvalue weighted by Gasteiger charge is -2.32. The number of piperidine rings is 1. The highest BCUT2D eigenvalue weighted by atomic mass is 32.1. The number of rotatable bonds is 3. The molecule has 0 bridgehead atoms. The van der Waals surface area contributed by atoms with Gasteiger partial charge in [-0.3, -0.25) is 9.36 Å². The standard InChI is InChI=1S/C17H23N3O3S/c1-9(2)14-18-15-12(10(3)13(24-15)17(22)23)16(21)20(14)11-5-7-19(4)8-6-11/h9,11H,5-8H2,1-4H3,(H,22,23). The smallest absolute Gasteiger partial charge is 0.346 e. The van der Waals surface area contributed by atoms with E-state index in [1.807, 2.05) is 18.4 Å². The van der Waals surface area contributed by atoms with Gasteiger partial charge in [0.1, 0.15) is 15.5 Å². The fourth-order valence-electron chi connectivity index (χ4n) is 3.43. The van der Waals surface area contributed by atoms with Crippen molar-refractivity contribution in [3.05, 3.63) is 26.6 Å². The van der Waals surface area contributed by atoms with Crippen molar-refractivity contribution < 1.29 is 9.90 Å². The van der Waals surface area contributed by atoms with E-state index in [1.54, 1.807) is 6.92 Å². The molecule has 130 valence electrons. The van der Waals surface area contributed by atoms with Crippen LogP contribution in [0.4, 0.5) is 0 Å². The van der Waals surface area contributed by atoms with Gasteiger partial charge in [-0.2, -0.15) is 0 Å². The molecule has 24 heavy (non-hydrogen) atoms. The van der Waals surface area contributed by atoms with Crippen LogP contribution in [-0.4, -0.2) is 45.7 Å². The number of nitrogens with zero attached hydrogens (tertiary/aromatic N) is 3. The summed E-state index contributed by atoms with van der Waals surface area (Å²) in [5.74, 6) is -0.121. The highest BCUT2D eigenvalue weighted by Crippen LogP contribution is 2.31. The predicted octanol–water partition coefficient (Wildman–Crippen LogP) is 2.85. The van der Waals surface area contributed by atoms with Crippen LogP contribution in [0.15, 0.2) is 4.79 Å². The molecular weight excluding hydrogens is 326 g/mol. The first-order valence-electron chi connectivity index (χ1n) is 8.28. The van der Waals surface area contributed by atoms with Crippen LogP contribution in [0.25, 0.3) is 10.2 Å². The molecule has 0 spiro atoms. The fraction of sp³-hybridized carbons (Fsp3) is 0.588. The number of carboxylic acids is 1. The van der Waals surface area contributed by atoms with Crippen molar-refractivity contribution in [3.63, 3.8) is 0 Å². The quantitative estimate of drug-likeness (QED) is 0.922. The summed E-state index contributed by atoms with van der Waals surface area (Å²) >= 11 is 1.10. The molecule has 0 radical (unpaired) electrons. The van der Waals surface area contributed by atoms with Gasteiger partial charge < -0.3 is 10.0 Å². The molecule has 0 amide bonds. The Kier molecular flexibility index (Phi) is 4.48. The van der Waals surface area contributed by atoms with Crippen molar-refractivity contribution in [2.45, 2.75) is 45.6 Å². The summed E-state index contributed by atoms with van der Waals surface area (Å²) < 4.78 is 1.84. The van der Waals surface area contributed by atoms with Crippen LogP contribution in [0.1, 0.15) is 59.7 Å². The highest BCUT2D eigenvalue weighted by molar-refractivity contribution is 7.20. The number of aryl methyl sites for hydroxylation is 1. The third kappa shape index (κ3) is 2.75. The Labute approximate surface area is 144 Å². The molecule has 1 aliphatic rings. The summed E-state index contributed by atoms with van der Waals surface area (Å²) in [6.07, 6.45) is 1.83. The molecule has 1 aliphatic heterocycles. The summed E-state index contributed by atoms with van der Waals surface area (Å²) in [5.41, 5.74) is 0.455. The minimum Gasteiger partial charge on any atom is -0.477 e. The number of likely N-dealkylation sites (tertiary alicyclic amines) is 1. The topological polar surface area (TPSA) is 75.4 Å². The predicted molar refractivity (Wildman–Crippen MR) is 95.4 cm³/mol. The fourth-order valence-corrected chi connectivity index (χ4v) is 4.45. The van der Waals surface area contributed by atoms with Crippen molar-refractivity contribution in [1.82, 2.24) is 14.5 Å². The molecule has 6 nitrogen and oxygen atoms in total. The Morgan fingerprint density at radius 1 is 1.33 bits per heavy atom. The second-order valence-corrected chi connectivity index (χ2v) is 7.87. The maximum Gasteiger partial charge on any atom is 0.346 e. The largest absolute Gasteiger partial charge is 0.477 e. The van der Waals surface area contributed by atoms with Gasteiger partial charge in [-0.15, -0.1) is 11.3 Å². The van der Waals surface area contributed by atoms with Crippen molar-refractivity contribution in [3.8, 4) is 0 Å². The average Bonchev–Trinajstić information content (AvgIpc) is 2.86. The zero-order chi connectivity index (χ0) is 17.6. The van der Waals surface area contributed by atoms with Crippen molar-refractivity contribution in [2.75, 3.05) is 20.1 Å². The Balaban J connectivity index is 2.25. The van der Waals surface area contributed by atoms with E-state index in [1.165, 1.54) is 0 Å². The van der Waals surface area contributed by atoms with Crippen LogP contribution in [0.3, 0.4) is 0 Å². The lowest BCUT2D eigenvalue weighted by Crippen LogP contribution is -2.37. The molecule has 3 heterocycles. The molecule has 0 aromatic carbocycles. The molecule has 1 saturated heterocycles. The van der Waals surface area contributed by atoms with E-state index < -0.39 is 5.97 Å². The summed E-state index contributed by atoms with van der Waals surface area (Å²) in [6.45, 7) is 7.67. The number of carboxylic acid groups (broad SMARTS) is 1. The van der Waals surface area contributed by atoms with E-state index in [2.05, 4.69) is 11.9 Å². The van der Waals surface area contributed by atoms with E-state index in [4.69, 9.17) is 4.98 Å². The van der Waals surface area contributed by atoms with Gasteiger partial charge in [-0.05, 0) is 45.5 Å². The average molecular weight is 349 g/mol. The van der Waals surface area contributed by atoms with Gasteiger partial charge in [0.15, 0.2) is 0 Å². The molecular formula is C17H23N3O3S. The summed E-state index contributed by atoms with van der Waals surface area (Å²) in [6, 6.07) is 0.135. The molecule has 0 aliphatic carbocycles. The van der Waals surface area contributed by atoms with Crippen LogP contribution >= 0.6 is 11.3 Å². The molecule has 2 aromatic heterocycles. The monoisotopic (exact) mass is 349 g/mol.